The molecule has 8 nitrogen and oxygen atoms in total. The molecule has 3 heterocycles. The molecule has 0 radical (unpaired) electrons. The summed E-state index contributed by atoms with van der Waals surface area (Å²) in [5, 5.41) is 3.96. The van der Waals surface area contributed by atoms with Crippen molar-refractivity contribution in [3.8, 4) is 17.3 Å². The number of nitrogen functional groups attached to an aromatic ring is 1. The number of rotatable bonds is 2. The van der Waals surface area contributed by atoms with E-state index in [2.05, 4.69) is 30.0 Å². The van der Waals surface area contributed by atoms with Crippen LogP contribution < -0.4 is 5.73 Å². The normalized spacial score (nSPS) is 10.6. The van der Waals surface area contributed by atoms with Gasteiger partial charge in [-0.2, -0.15) is 24.7 Å². The Morgan fingerprint density at radius 1 is 1.11 bits per heavy atom. The van der Waals surface area contributed by atoms with Crippen LogP contribution in [0.4, 0.5) is 5.95 Å². The highest BCUT2D eigenvalue weighted by Crippen LogP contribution is 2.16. The van der Waals surface area contributed by atoms with E-state index in [0.29, 0.717) is 11.8 Å². The van der Waals surface area contributed by atoms with E-state index in [1.165, 1.54) is 17.3 Å². The molecule has 0 spiro atoms. The van der Waals surface area contributed by atoms with Crippen LogP contribution in [0.15, 0.2) is 31.1 Å². The van der Waals surface area contributed by atoms with Crippen LogP contribution in [0.2, 0.25) is 0 Å². The summed E-state index contributed by atoms with van der Waals surface area (Å²) in [5.41, 5.74) is 7.48. The second-order valence-corrected chi connectivity index (χ2v) is 3.91. The molecule has 94 valence electrons. The zero-order chi connectivity index (χ0) is 13.2. The number of aromatic nitrogens is 7. The van der Waals surface area contributed by atoms with Gasteiger partial charge in [0.15, 0.2) is 5.82 Å². The highest BCUT2D eigenvalue weighted by atomic mass is 15.4. The van der Waals surface area contributed by atoms with Gasteiger partial charge >= 0.3 is 0 Å². The Morgan fingerprint density at radius 2 is 2.00 bits per heavy atom. The minimum Gasteiger partial charge on any atom is -0.368 e. The lowest BCUT2D eigenvalue weighted by Gasteiger charge is -2.04. The molecule has 0 aromatic carbocycles. The quantitative estimate of drug-likeness (QED) is 0.705. The van der Waals surface area contributed by atoms with Crippen LogP contribution in [0.3, 0.4) is 0 Å². The monoisotopic (exact) mass is 254 g/mol. The minimum absolute atomic E-state index is 0.122. The summed E-state index contributed by atoms with van der Waals surface area (Å²) in [6.45, 7) is 1.94. The van der Waals surface area contributed by atoms with Crippen LogP contribution in [0.1, 0.15) is 5.56 Å². The van der Waals surface area contributed by atoms with Gasteiger partial charge in [-0.05, 0) is 18.6 Å². The first-order valence-electron chi connectivity index (χ1n) is 5.51. The first kappa shape index (κ1) is 11.2. The Kier molecular flexibility index (Phi) is 2.60. The van der Waals surface area contributed by atoms with Crippen LogP contribution in [0, 0.1) is 6.92 Å². The van der Waals surface area contributed by atoms with Gasteiger partial charge in [0.05, 0.1) is 0 Å². The van der Waals surface area contributed by atoms with Crippen LogP contribution in [-0.4, -0.2) is 34.7 Å². The zero-order valence-corrected chi connectivity index (χ0v) is 10.1. The smallest absolute Gasteiger partial charge is 0.257 e. The van der Waals surface area contributed by atoms with Crippen molar-refractivity contribution in [2.75, 3.05) is 5.73 Å². The standard InChI is InChI=1S/C11H10N8/c1-7-2-8(4-13-3-7)9-16-10(12)18-11(17-9)19-6-14-5-15-19/h2-6H,1H3,(H2,12,16,17,18). The van der Waals surface area contributed by atoms with Crippen LogP contribution in [0.5, 0.6) is 0 Å². The molecule has 0 atom stereocenters. The molecule has 8 heteroatoms. The average molecular weight is 254 g/mol. The molecule has 3 aromatic heterocycles. The summed E-state index contributed by atoms with van der Waals surface area (Å²) in [5.74, 6) is 0.896. The molecular weight excluding hydrogens is 244 g/mol. The van der Waals surface area contributed by atoms with Gasteiger partial charge in [-0.25, -0.2) is 4.98 Å². The van der Waals surface area contributed by atoms with Crippen molar-refractivity contribution in [2.24, 2.45) is 0 Å². The third-order valence-corrected chi connectivity index (χ3v) is 2.40. The van der Waals surface area contributed by atoms with E-state index >= 15 is 0 Å². The fourth-order valence-corrected chi connectivity index (χ4v) is 1.60. The highest BCUT2D eigenvalue weighted by molar-refractivity contribution is 5.56. The molecule has 0 saturated carbocycles. The van der Waals surface area contributed by atoms with Crippen molar-refractivity contribution in [1.29, 1.82) is 0 Å². The van der Waals surface area contributed by atoms with E-state index in [1.54, 1.807) is 12.4 Å². The number of pyridine rings is 1. The third-order valence-electron chi connectivity index (χ3n) is 2.40. The maximum Gasteiger partial charge on any atom is 0.257 e. The second-order valence-electron chi connectivity index (χ2n) is 3.91. The van der Waals surface area contributed by atoms with Gasteiger partial charge < -0.3 is 5.73 Å². The molecule has 3 rings (SSSR count). The lowest BCUT2D eigenvalue weighted by atomic mass is 10.2. The highest BCUT2D eigenvalue weighted by Gasteiger charge is 2.09. The zero-order valence-electron chi connectivity index (χ0n) is 10.1. The molecule has 0 saturated heterocycles. The Morgan fingerprint density at radius 3 is 2.74 bits per heavy atom. The molecule has 0 aliphatic heterocycles. The van der Waals surface area contributed by atoms with Gasteiger partial charge in [-0.15, -0.1) is 0 Å². The van der Waals surface area contributed by atoms with Gasteiger partial charge in [0.1, 0.15) is 12.7 Å². The predicted octanol–water partition coefficient (Wildman–Crippen LogP) is 0.405. The summed E-state index contributed by atoms with van der Waals surface area (Å²) in [7, 11) is 0. The molecule has 0 unspecified atom stereocenters. The third kappa shape index (κ3) is 2.23. The summed E-state index contributed by atoms with van der Waals surface area (Å²) in [6.07, 6.45) is 6.32. The molecule has 0 aliphatic rings. The van der Waals surface area contributed by atoms with Gasteiger partial charge in [-0.1, -0.05) is 0 Å². The van der Waals surface area contributed by atoms with E-state index in [1.807, 2.05) is 13.0 Å². The molecule has 0 aliphatic carbocycles. The molecule has 2 N–H and O–H groups in total. The van der Waals surface area contributed by atoms with Crippen molar-refractivity contribution in [3.05, 3.63) is 36.7 Å². The van der Waals surface area contributed by atoms with E-state index in [4.69, 9.17) is 5.73 Å². The van der Waals surface area contributed by atoms with Crippen molar-refractivity contribution in [3.63, 3.8) is 0 Å². The van der Waals surface area contributed by atoms with Gasteiger partial charge in [0, 0.05) is 18.0 Å². The fourth-order valence-electron chi connectivity index (χ4n) is 1.60. The van der Waals surface area contributed by atoms with Crippen molar-refractivity contribution in [1.82, 2.24) is 34.7 Å². The minimum atomic E-state index is 0.122. The van der Waals surface area contributed by atoms with Gasteiger partial charge in [-0.3, -0.25) is 4.98 Å². The maximum absolute atomic E-state index is 5.70. The Hall–Kier alpha value is -2.90. The summed E-state index contributed by atoms with van der Waals surface area (Å²) >= 11 is 0. The molecule has 0 bridgehead atoms. The number of nitrogens with two attached hydrogens (primary N) is 1. The van der Waals surface area contributed by atoms with Gasteiger partial charge in [0.2, 0.25) is 5.95 Å². The van der Waals surface area contributed by atoms with Crippen molar-refractivity contribution < 1.29 is 0 Å². The lowest BCUT2D eigenvalue weighted by Crippen LogP contribution is -2.08. The Balaban J connectivity index is 2.12. The van der Waals surface area contributed by atoms with E-state index in [-0.39, 0.29) is 5.95 Å². The first-order valence-corrected chi connectivity index (χ1v) is 5.51. The SMILES string of the molecule is Cc1cncc(-c2nc(N)nc(-n3cncn3)n2)c1. The average Bonchev–Trinajstić information content (AvgIpc) is 2.92. The van der Waals surface area contributed by atoms with Crippen LogP contribution in [0.25, 0.3) is 17.3 Å². The number of anilines is 1. The fraction of sp³-hybridized carbons (Fsp3) is 0.0909. The van der Waals surface area contributed by atoms with E-state index < -0.39 is 0 Å². The van der Waals surface area contributed by atoms with Crippen molar-refractivity contribution >= 4 is 5.95 Å². The summed E-state index contributed by atoms with van der Waals surface area (Å²) in [4.78, 5) is 20.4. The number of hydrogen-bond acceptors (Lipinski definition) is 7. The number of aryl methyl sites for hydroxylation is 1. The summed E-state index contributed by atoms with van der Waals surface area (Å²) in [6, 6.07) is 1.92. The Bertz CT molecular complexity index is 706. The molecule has 19 heavy (non-hydrogen) atoms. The van der Waals surface area contributed by atoms with Gasteiger partial charge in [0.25, 0.3) is 5.95 Å². The molecule has 3 aromatic rings. The molecular formula is C11H10N8. The number of hydrogen-bond donors (Lipinski definition) is 1. The number of nitrogens with zero attached hydrogens (tertiary/aromatic N) is 7. The predicted molar refractivity (Wildman–Crippen MR) is 67.1 cm³/mol. The second kappa shape index (κ2) is 4.41. The topological polar surface area (TPSA) is 108 Å². The first-order chi connectivity index (χ1) is 9.22. The van der Waals surface area contributed by atoms with Crippen LogP contribution >= 0.6 is 0 Å². The molecule has 0 fully saturated rings. The Labute approximate surface area is 108 Å². The van der Waals surface area contributed by atoms with Crippen molar-refractivity contribution in [2.45, 2.75) is 6.92 Å². The molecule has 0 amide bonds. The largest absolute Gasteiger partial charge is 0.368 e. The summed E-state index contributed by atoms with van der Waals surface area (Å²) < 4.78 is 1.42. The lowest BCUT2D eigenvalue weighted by molar-refractivity contribution is 0.799. The maximum atomic E-state index is 5.70. The van der Waals surface area contributed by atoms with Crippen LogP contribution in [-0.2, 0) is 0 Å². The van der Waals surface area contributed by atoms with E-state index in [0.717, 1.165) is 11.1 Å². The van der Waals surface area contributed by atoms with E-state index in [9.17, 15) is 0 Å².